The highest BCUT2D eigenvalue weighted by Gasteiger charge is 2.17. The van der Waals surface area contributed by atoms with Crippen molar-refractivity contribution < 1.29 is 14.6 Å². The van der Waals surface area contributed by atoms with E-state index in [0.717, 1.165) is 5.69 Å². The van der Waals surface area contributed by atoms with Gasteiger partial charge in [0.2, 0.25) is 5.91 Å². The van der Waals surface area contributed by atoms with Gasteiger partial charge in [0.25, 0.3) is 11.4 Å². The van der Waals surface area contributed by atoms with Crippen molar-refractivity contribution in [1.29, 1.82) is 0 Å². The summed E-state index contributed by atoms with van der Waals surface area (Å²) in [4.78, 5) is 33.7. The number of hydrogen-bond donors (Lipinski definition) is 1. The van der Waals surface area contributed by atoms with E-state index in [4.69, 9.17) is 0 Å². The van der Waals surface area contributed by atoms with E-state index in [1.165, 1.54) is 30.3 Å². The van der Waals surface area contributed by atoms with Crippen molar-refractivity contribution in [3.63, 3.8) is 0 Å². The van der Waals surface area contributed by atoms with Crippen LogP contribution in [0.3, 0.4) is 0 Å². The summed E-state index contributed by atoms with van der Waals surface area (Å²) in [5.41, 5.74) is 2.63. The lowest BCUT2D eigenvalue weighted by Gasteiger charge is -2.06. The average Bonchev–Trinajstić information content (AvgIpc) is 3.23. The van der Waals surface area contributed by atoms with Crippen molar-refractivity contribution in [2.45, 2.75) is 6.42 Å². The molecule has 164 valence electrons. The zero-order valence-electron chi connectivity index (χ0n) is 17.1. The Morgan fingerprint density at radius 2 is 1.58 bits per heavy atom. The Labute approximate surface area is 187 Å². The monoisotopic (exact) mass is 443 g/mol. The maximum absolute atomic E-state index is 12.7. The number of benzene rings is 3. The summed E-state index contributed by atoms with van der Waals surface area (Å²) in [5, 5.41) is 29.2. The molecule has 0 aliphatic heterocycles. The Hall–Kier alpha value is -4.86. The fourth-order valence-corrected chi connectivity index (χ4v) is 3.31. The van der Waals surface area contributed by atoms with Crippen LogP contribution in [0.15, 0.2) is 85.1 Å². The summed E-state index contributed by atoms with van der Waals surface area (Å²) in [6, 6.07) is 20.9. The predicted molar refractivity (Wildman–Crippen MR) is 121 cm³/mol. The van der Waals surface area contributed by atoms with E-state index in [-0.39, 0.29) is 23.7 Å². The van der Waals surface area contributed by atoms with Crippen LogP contribution >= 0.6 is 0 Å². The molecule has 1 aromatic heterocycles. The largest absolute Gasteiger partial charge is 0.326 e. The van der Waals surface area contributed by atoms with Gasteiger partial charge < -0.3 is 5.32 Å². The highest BCUT2D eigenvalue weighted by atomic mass is 16.6. The molecule has 0 aliphatic rings. The molecule has 0 bridgehead atoms. The highest BCUT2D eigenvalue weighted by Crippen LogP contribution is 2.27. The molecule has 1 amide bonds. The molecule has 0 unspecified atom stereocenters. The Balaban J connectivity index is 1.65. The minimum absolute atomic E-state index is 0.0498. The lowest BCUT2D eigenvalue weighted by Crippen LogP contribution is -2.14. The number of carbonyl (C=O) groups excluding carboxylic acids is 1. The third-order valence-corrected chi connectivity index (χ3v) is 4.85. The second kappa shape index (κ2) is 9.10. The SMILES string of the molecule is O=C(Cc1cn(-c2ccccc2)nc1-c1ccc([N+](=O)[O-])cc1)Nc1cccc([N+](=O)[O-])c1. The van der Waals surface area contributed by atoms with E-state index in [1.807, 2.05) is 30.3 Å². The highest BCUT2D eigenvalue weighted by molar-refractivity contribution is 5.93. The van der Waals surface area contributed by atoms with E-state index >= 15 is 0 Å². The lowest BCUT2D eigenvalue weighted by molar-refractivity contribution is -0.385. The van der Waals surface area contributed by atoms with Gasteiger partial charge in [0, 0.05) is 47.3 Å². The molecule has 3 aromatic carbocycles. The van der Waals surface area contributed by atoms with Gasteiger partial charge in [0.05, 0.1) is 27.6 Å². The first-order chi connectivity index (χ1) is 15.9. The van der Waals surface area contributed by atoms with Crippen molar-refractivity contribution in [3.05, 3.63) is 111 Å². The van der Waals surface area contributed by atoms with Crippen molar-refractivity contribution in [1.82, 2.24) is 9.78 Å². The molecule has 1 heterocycles. The van der Waals surface area contributed by atoms with Crippen molar-refractivity contribution >= 4 is 23.0 Å². The second-order valence-corrected chi connectivity index (χ2v) is 7.12. The molecule has 4 aromatic rings. The predicted octanol–water partition coefficient (Wildman–Crippen LogP) is 4.54. The number of nitrogens with zero attached hydrogens (tertiary/aromatic N) is 4. The molecule has 0 spiro atoms. The number of rotatable bonds is 7. The van der Waals surface area contributed by atoms with Gasteiger partial charge in [-0.15, -0.1) is 0 Å². The number of hydrogen-bond acceptors (Lipinski definition) is 6. The van der Waals surface area contributed by atoms with Crippen LogP contribution in [0, 0.1) is 20.2 Å². The van der Waals surface area contributed by atoms with Crippen LogP contribution in [-0.4, -0.2) is 25.5 Å². The molecule has 0 radical (unpaired) electrons. The summed E-state index contributed by atoms with van der Waals surface area (Å²) < 4.78 is 1.63. The molecule has 0 saturated carbocycles. The first-order valence-corrected chi connectivity index (χ1v) is 9.84. The molecule has 1 N–H and O–H groups in total. The first-order valence-electron chi connectivity index (χ1n) is 9.84. The van der Waals surface area contributed by atoms with E-state index < -0.39 is 9.85 Å². The van der Waals surface area contributed by atoms with Crippen LogP contribution in [0.25, 0.3) is 16.9 Å². The number of nitro groups is 2. The smallest absolute Gasteiger partial charge is 0.271 e. The van der Waals surface area contributed by atoms with Crippen LogP contribution < -0.4 is 5.32 Å². The number of anilines is 1. The van der Waals surface area contributed by atoms with Crippen LogP contribution in [0.2, 0.25) is 0 Å². The number of non-ortho nitro benzene ring substituents is 2. The quantitative estimate of drug-likeness (QED) is 0.329. The van der Waals surface area contributed by atoms with Gasteiger partial charge in [0.15, 0.2) is 0 Å². The summed E-state index contributed by atoms with van der Waals surface area (Å²) in [6.07, 6.45) is 1.67. The van der Waals surface area contributed by atoms with E-state index in [1.54, 1.807) is 29.1 Å². The summed E-state index contributed by atoms with van der Waals surface area (Å²) in [6.45, 7) is 0. The van der Waals surface area contributed by atoms with Gasteiger partial charge in [-0.3, -0.25) is 25.0 Å². The molecule has 0 atom stereocenters. The fourth-order valence-electron chi connectivity index (χ4n) is 3.31. The van der Waals surface area contributed by atoms with Gasteiger partial charge in [0.1, 0.15) is 0 Å². The van der Waals surface area contributed by atoms with Crippen LogP contribution in [-0.2, 0) is 11.2 Å². The van der Waals surface area contributed by atoms with Crippen molar-refractivity contribution in [2.24, 2.45) is 0 Å². The van der Waals surface area contributed by atoms with Crippen molar-refractivity contribution in [2.75, 3.05) is 5.32 Å². The number of amides is 1. The second-order valence-electron chi connectivity index (χ2n) is 7.12. The number of aromatic nitrogens is 2. The maximum atomic E-state index is 12.7. The van der Waals surface area contributed by atoms with Crippen LogP contribution in [0.1, 0.15) is 5.56 Å². The Kier molecular flexibility index (Phi) is 5.90. The van der Waals surface area contributed by atoms with E-state index in [0.29, 0.717) is 22.5 Å². The number of carbonyl (C=O) groups is 1. The Morgan fingerprint density at radius 3 is 2.24 bits per heavy atom. The average molecular weight is 443 g/mol. The van der Waals surface area contributed by atoms with E-state index in [9.17, 15) is 25.0 Å². The molecular formula is C23H17N5O5. The van der Waals surface area contributed by atoms with Crippen LogP contribution in [0.4, 0.5) is 17.1 Å². The minimum Gasteiger partial charge on any atom is -0.326 e. The Bertz CT molecular complexity index is 1330. The zero-order valence-corrected chi connectivity index (χ0v) is 17.1. The normalized spacial score (nSPS) is 10.5. The summed E-state index contributed by atoms with van der Waals surface area (Å²) in [5.74, 6) is -0.383. The number of para-hydroxylation sites is 1. The molecule has 0 saturated heterocycles. The van der Waals surface area contributed by atoms with Gasteiger partial charge in [-0.05, 0) is 30.3 Å². The van der Waals surface area contributed by atoms with Crippen LogP contribution in [0.5, 0.6) is 0 Å². The number of nitrogens with one attached hydrogen (secondary N) is 1. The molecule has 10 heteroatoms. The number of nitro benzene ring substituents is 2. The van der Waals surface area contributed by atoms with Gasteiger partial charge in [-0.1, -0.05) is 24.3 Å². The molecule has 0 aliphatic carbocycles. The summed E-state index contributed by atoms with van der Waals surface area (Å²) >= 11 is 0. The van der Waals surface area contributed by atoms with E-state index in [2.05, 4.69) is 10.4 Å². The third kappa shape index (κ3) is 4.90. The topological polar surface area (TPSA) is 133 Å². The molecule has 33 heavy (non-hydrogen) atoms. The molecule has 10 nitrogen and oxygen atoms in total. The van der Waals surface area contributed by atoms with Gasteiger partial charge >= 0.3 is 0 Å². The minimum atomic E-state index is -0.535. The lowest BCUT2D eigenvalue weighted by atomic mass is 10.1. The zero-order chi connectivity index (χ0) is 23.4. The summed E-state index contributed by atoms with van der Waals surface area (Å²) in [7, 11) is 0. The maximum Gasteiger partial charge on any atom is 0.271 e. The fraction of sp³-hybridized carbons (Fsp3) is 0.0435. The molecule has 0 fully saturated rings. The van der Waals surface area contributed by atoms with Gasteiger partial charge in [-0.25, -0.2) is 4.68 Å². The first kappa shape index (κ1) is 21.4. The molecular weight excluding hydrogens is 426 g/mol. The Morgan fingerprint density at radius 1 is 0.879 bits per heavy atom. The third-order valence-electron chi connectivity index (χ3n) is 4.85. The molecule has 4 rings (SSSR count). The van der Waals surface area contributed by atoms with Gasteiger partial charge in [-0.2, -0.15) is 5.10 Å². The van der Waals surface area contributed by atoms with Crippen molar-refractivity contribution in [3.8, 4) is 16.9 Å². The standard InChI is InChI=1S/C23H17N5O5/c29-22(24-18-5-4-8-21(14-18)28(32)33)13-17-15-26(19-6-2-1-3-7-19)25-23(17)16-9-11-20(12-10-16)27(30)31/h1-12,14-15H,13H2,(H,24,29).